The van der Waals surface area contributed by atoms with E-state index in [9.17, 15) is 4.79 Å². The number of esters is 1. The smallest absolute Gasteiger partial charge is 0.332 e. The maximum absolute atomic E-state index is 10.7. The molecule has 0 fully saturated rings. The summed E-state index contributed by atoms with van der Waals surface area (Å²) in [5.74, 6) is -0.295. The van der Waals surface area contributed by atoms with Crippen molar-refractivity contribution in [2.45, 2.75) is 20.3 Å². The highest BCUT2D eigenvalue weighted by atomic mass is 16.5. The molecule has 0 amide bonds. The van der Waals surface area contributed by atoms with Gasteiger partial charge in [0, 0.05) is 18.8 Å². The van der Waals surface area contributed by atoms with Gasteiger partial charge in [0.1, 0.15) is 0 Å². The molecular weight excluding hydrogens is 142 g/mol. The molecule has 0 atom stereocenters. The quantitative estimate of drug-likeness (QED) is 0.368. The monoisotopic (exact) mass is 157 g/mol. The normalized spacial score (nSPS) is 10.0. The van der Waals surface area contributed by atoms with Crippen molar-refractivity contribution < 1.29 is 9.53 Å². The summed E-state index contributed by atoms with van der Waals surface area (Å²) in [5, 5.41) is 2.94. The Balaban J connectivity index is 3.32. The zero-order valence-corrected chi connectivity index (χ0v) is 7.09. The molecule has 0 spiro atoms. The predicted molar refractivity (Wildman–Crippen MR) is 44.1 cm³/mol. The molecule has 0 aliphatic heterocycles. The van der Waals surface area contributed by atoms with Crippen LogP contribution in [-0.2, 0) is 9.53 Å². The summed E-state index contributed by atoms with van der Waals surface area (Å²) < 4.78 is 4.66. The summed E-state index contributed by atoms with van der Waals surface area (Å²) in [6, 6.07) is 0. The van der Waals surface area contributed by atoms with Crippen LogP contribution in [0.3, 0.4) is 0 Å². The molecule has 11 heavy (non-hydrogen) atoms. The van der Waals surface area contributed by atoms with Crippen LogP contribution in [0.4, 0.5) is 0 Å². The molecule has 3 heteroatoms. The Kier molecular flexibility index (Phi) is 6.48. The predicted octanol–water partition coefficient (Wildman–Crippen LogP) is 1.06. The van der Waals surface area contributed by atoms with Crippen LogP contribution in [0.2, 0.25) is 0 Å². The minimum absolute atomic E-state index is 0.295. The van der Waals surface area contributed by atoms with Crippen LogP contribution in [0.15, 0.2) is 12.3 Å². The lowest BCUT2D eigenvalue weighted by atomic mass is 10.5. The van der Waals surface area contributed by atoms with E-state index in [0.29, 0.717) is 6.61 Å². The SMILES string of the molecule is CCCN/C=C\C(=O)OCC. The highest BCUT2D eigenvalue weighted by Crippen LogP contribution is 1.79. The van der Waals surface area contributed by atoms with E-state index in [1.807, 2.05) is 0 Å². The molecule has 0 radical (unpaired) electrons. The minimum atomic E-state index is -0.295. The van der Waals surface area contributed by atoms with Crippen molar-refractivity contribution in [1.82, 2.24) is 5.32 Å². The zero-order valence-electron chi connectivity index (χ0n) is 7.09. The Morgan fingerprint density at radius 2 is 2.27 bits per heavy atom. The first-order chi connectivity index (χ1) is 5.31. The Labute approximate surface area is 67.4 Å². The highest BCUT2D eigenvalue weighted by molar-refractivity contribution is 5.81. The summed E-state index contributed by atoms with van der Waals surface area (Å²) in [5.41, 5.74) is 0. The Hall–Kier alpha value is -0.990. The minimum Gasteiger partial charge on any atom is -0.463 e. The Bertz CT molecular complexity index is 132. The van der Waals surface area contributed by atoms with Crippen LogP contribution in [-0.4, -0.2) is 19.1 Å². The number of nitrogens with one attached hydrogen (secondary N) is 1. The lowest BCUT2D eigenvalue weighted by molar-refractivity contribution is -0.137. The molecule has 0 unspecified atom stereocenters. The van der Waals surface area contributed by atoms with Crippen molar-refractivity contribution in [2.75, 3.05) is 13.2 Å². The third-order valence-electron chi connectivity index (χ3n) is 1.02. The van der Waals surface area contributed by atoms with E-state index >= 15 is 0 Å². The highest BCUT2D eigenvalue weighted by Gasteiger charge is 1.90. The molecular formula is C8H15NO2. The first-order valence-corrected chi connectivity index (χ1v) is 3.88. The van der Waals surface area contributed by atoms with E-state index in [0.717, 1.165) is 13.0 Å². The maximum Gasteiger partial charge on any atom is 0.332 e. The number of ether oxygens (including phenoxy) is 1. The van der Waals surface area contributed by atoms with Crippen LogP contribution >= 0.6 is 0 Å². The van der Waals surface area contributed by atoms with Gasteiger partial charge in [0.25, 0.3) is 0 Å². The van der Waals surface area contributed by atoms with Gasteiger partial charge < -0.3 is 10.1 Å². The van der Waals surface area contributed by atoms with Crippen LogP contribution < -0.4 is 5.32 Å². The van der Waals surface area contributed by atoms with Crippen molar-refractivity contribution in [3.05, 3.63) is 12.3 Å². The van der Waals surface area contributed by atoms with E-state index in [1.165, 1.54) is 6.08 Å². The van der Waals surface area contributed by atoms with E-state index in [2.05, 4.69) is 17.0 Å². The molecule has 0 bridgehead atoms. The van der Waals surface area contributed by atoms with E-state index in [1.54, 1.807) is 13.1 Å². The lowest BCUT2D eigenvalue weighted by Crippen LogP contribution is -2.07. The van der Waals surface area contributed by atoms with Crippen molar-refractivity contribution in [1.29, 1.82) is 0 Å². The Morgan fingerprint density at radius 1 is 1.55 bits per heavy atom. The lowest BCUT2D eigenvalue weighted by Gasteiger charge is -1.96. The molecule has 0 aliphatic rings. The second kappa shape index (κ2) is 7.12. The van der Waals surface area contributed by atoms with Crippen molar-refractivity contribution in [2.24, 2.45) is 0 Å². The third-order valence-corrected chi connectivity index (χ3v) is 1.02. The second-order valence-electron chi connectivity index (χ2n) is 2.04. The van der Waals surface area contributed by atoms with Gasteiger partial charge in [0.15, 0.2) is 0 Å². The molecule has 64 valence electrons. The molecule has 1 N–H and O–H groups in total. The average molecular weight is 157 g/mol. The molecule has 3 nitrogen and oxygen atoms in total. The van der Waals surface area contributed by atoms with Crippen molar-refractivity contribution >= 4 is 5.97 Å². The number of hydrogen-bond donors (Lipinski definition) is 1. The summed E-state index contributed by atoms with van der Waals surface area (Å²) in [7, 11) is 0. The fourth-order valence-electron chi connectivity index (χ4n) is 0.545. The molecule has 0 saturated carbocycles. The van der Waals surface area contributed by atoms with Crippen LogP contribution in [0.25, 0.3) is 0 Å². The first-order valence-electron chi connectivity index (χ1n) is 3.88. The second-order valence-corrected chi connectivity index (χ2v) is 2.04. The largest absolute Gasteiger partial charge is 0.463 e. The van der Waals surface area contributed by atoms with E-state index in [-0.39, 0.29) is 5.97 Å². The molecule has 0 aromatic rings. The Morgan fingerprint density at radius 3 is 2.82 bits per heavy atom. The number of rotatable bonds is 5. The molecule has 0 aliphatic carbocycles. The average Bonchev–Trinajstić information content (AvgIpc) is 1.99. The molecule has 0 saturated heterocycles. The molecule has 0 aromatic carbocycles. The van der Waals surface area contributed by atoms with Gasteiger partial charge in [-0.05, 0) is 13.3 Å². The van der Waals surface area contributed by atoms with Gasteiger partial charge in [-0.1, -0.05) is 6.92 Å². The number of carbonyl (C=O) groups excluding carboxylic acids is 1. The van der Waals surface area contributed by atoms with Gasteiger partial charge in [-0.25, -0.2) is 4.79 Å². The third kappa shape index (κ3) is 6.90. The number of hydrogen-bond acceptors (Lipinski definition) is 3. The standard InChI is InChI=1S/C8H15NO2/c1-3-6-9-7-5-8(10)11-4-2/h5,7,9H,3-4,6H2,1-2H3/b7-5-. The van der Waals surface area contributed by atoms with Gasteiger partial charge >= 0.3 is 5.97 Å². The first kappa shape index (κ1) is 10.0. The summed E-state index contributed by atoms with van der Waals surface area (Å²) in [6.07, 6.45) is 4.05. The van der Waals surface area contributed by atoms with Crippen molar-refractivity contribution in [3.63, 3.8) is 0 Å². The van der Waals surface area contributed by atoms with Gasteiger partial charge in [-0.15, -0.1) is 0 Å². The van der Waals surface area contributed by atoms with Gasteiger partial charge in [0.2, 0.25) is 0 Å². The fourth-order valence-corrected chi connectivity index (χ4v) is 0.545. The molecule has 0 aromatic heterocycles. The van der Waals surface area contributed by atoms with Gasteiger partial charge in [0.05, 0.1) is 6.61 Å². The summed E-state index contributed by atoms with van der Waals surface area (Å²) in [6.45, 7) is 5.16. The van der Waals surface area contributed by atoms with Crippen LogP contribution in [0.5, 0.6) is 0 Å². The summed E-state index contributed by atoms with van der Waals surface area (Å²) in [4.78, 5) is 10.7. The van der Waals surface area contributed by atoms with Gasteiger partial charge in [-0.2, -0.15) is 0 Å². The maximum atomic E-state index is 10.7. The van der Waals surface area contributed by atoms with Crippen molar-refractivity contribution in [3.8, 4) is 0 Å². The fraction of sp³-hybridized carbons (Fsp3) is 0.625. The zero-order chi connectivity index (χ0) is 8.53. The topological polar surface area (TPSA) is 38.3 Å². The molecule has 0 rings (SSSR count). The number of carbonyl (C=O) groups is 1. The van der Waals surface area contributed by atoms with Crippen LogP contribution in [0, 0.1) is 0 Å². The van der Waals surface area contributed by atoms with Crippen LogP contribution in [0.1, 0.15) is 20.3 Å². The van der Waals surface area contributed by atoms with E-state index in [4.69, 9.17) is 0 Å². The van der Waals surface area contributed by atoms with Gasteiger partial charge in [-0.3, -0.25) is 0 Å². The summed E-state index contributed by atoms with van der Waals surface area (Å²) >= 11 is 0. The molecule has 0 heterocycles. The van der Waals surface area contributed by atoms with E-state index < -0.39 is 0 Å².